The zero-order valence-electron chi connectivity index (χ0n) is 15.5. The number of nitrogens with zero attached hydrogens (tertiary/aromatic N) is 4. The third-order valence-electron chi connectivity index (χ3n) is 4.43. The van der Waals surface area contributed by atoms with Crippen LogP contribution < -0.4 is 10.9 Å². The highest BCUT2D eigenvalue weighted by atomic mass is 16.5. The van der Waals surface area contributed by atoms with E-state index in [-0.39, 0.29) is 18.0 Å². The van der Waals surface area contributed by atoms with Gasteiger partial charge in [0, 0.05) is 31.4 Å². The number of pyridine rings is 1. The number of hydrogen-bond donors (Lipinski definition) is 2. The minimum Gasteiger partial charge on any atom is -0.339 e. The Morgan fingerprint density at radius 3 is 2.81 bits per heavy atom. The van der Waals surface area contributed by atoms with Crippen LogP contribution in [0, 0.1) is 5.92 Å². The van der Waals surface area contributed by atoms with Gasteiger partial charge in [-0.15, -0.1) is 0 Å². The molecule has 8 nitrogen and oxygen atoms in total. The van der Waals surface area contributed by atoms with E-state index in [1.54, 1.807) is 17.3 Å². The number of nitrogens with one attached hydrogen (secondary N) is 2. The molecule has 26 heavy (non-hydrogen) atoms. The molecule has 1 aliphatic rings. The van der Waals surface area contributed by atoms with Crippen molar-refractivity contribution in [3.8, 4) is 0 Å². The predicted octanol–water partition coefficient (Wildman–Crippen LogP) is 1.62. The Bertz CT molecular complexity index is 717. The van der Waals surface area contributed by atoms with Crippen LogP contribution in [0.5, 0.6) is 0 Å². The molecule has 0 aromatic carbocycles. The van der Waals surface area contributed by atoms with Gasteiger partial charge in [0.25, 0.3) is 0 Å². The third-order valence-corrected chi connectivity index (χ3v) is 4.43. The van der Waals surface area contributed by atoms with Crippen molar-refractivity contribution in [1.29, 1.82) is 0 Å². The van der Waals surface area contributed by atoms with Gasteiger partial charge in [0.2, 0.25) is 11.8 Å². The first-order valence-corrected chi connectivity index (χ1v) is 9.08. The monoisotopic (exact) mass is 358 g/mol. The lowest BCUT2D eigenvalue weighted by Gasteiger charge is -2.22. The summed E-state index contributed by atoms with van der Waals surface area (Å²) in [7, 11) is 0. The zero-order chi connectivity index (χ0) is 18.5. The topological polar surface area (TPSA) is 96.2 Å². The summed E-state index contributed by atoms with van der Waals surface area (Å²) in [6, 6.07) is 3.72. The van der Waals surface area contributed by atoms with Crippen LogP contribution in [0.1, 0.15) is 50.5 Å². The molecule has 0 radical (unpaired) electrons. The van der Waals surface area contributed by atoms with Gasteiger partial charge in [0.05, 0.1) is 6.54 Å². The highest BCUT2D eigenvalue weighted by molar-refractivity contribution is 5.82. The van der Waals surface area contributed by atoms with E-state index in [2.05, 4.69) is 39.8 Å². The summed E-state index contributed by atoms with van der Waals surface area (Å²) < 4.78 is 5.27. The van der Waals surface area contributed by atoms with E-state index in [1.807, 2.05) is 19.1 Å². The number of aromatic nitrogens is 3. The predicted molar refractivity (Wildman–Crippen MR) is 95.6 cm³/mol. The molecule has 1 fully saturated rings. The maximum Gasteiger partial charge on any atom is 0.241 e. The van der Waals surface area contributed by atoms with Crippen LogP contribution >= 0.6 is 0 Å². The highest BCUT2D eigenvalue weighted by Gasteiger charge is 2.33. The fraction of sp³-hybridized carbons (Fsp3) is 0.556. The van der Waals surface area contributed by atoms with Gasteiger partial charge >= 0.3 is 0 Å². The molecule has 0 spiro atoms. The highest BCUT2D eigenvalue weighted by Crippen LogP contribution is 2.22. The number of carbonyl (C=O) groups is 1. The van der Waals surface area contributed by atoms with Crippen molar-refractivity contribution in [1.82, 2.24) is 30.9 Å². The summed E-state index contributed by atoms with van der Waals surface area (Å²) in [6.45, 7) is 7.10. The first kappa shape index (κ1) is 18.5. The van der Waals surface area contributed by atoms with Crippen LogP contribution in [-0.4, -0.2) is 38.5 Å². The number of amides is 1. The molecule has 8 heteroatoms. The number of carbonyl (C=O) groups excluding carboxylic acids is 1. The van der Waals surface area contributed by atoms with E-state index in [9.17, 15) is 4.79 Å². The average molecular weight is 358 g/mol. The molecule has 2 N–H and O–H groups in total. The summed E-state index contributed by atoms with van der Waals surface area (Å²) >= 11 is 0. The van der Waals surface area contributed by atoms with Crippen LogP contribution in [0.4, 0.5) is 0 Å². The summed E-state index contributed by atoms with van der Waals surface area (Å²) in [5.74, 6) is 1.65. The van der Waals surface area contributed by atoms with E-state index in [1.165, 1.54) is 0 Å². The van der Waals surface area contributed by atoms with E-state index < -0.39 is 0 Å². The van der Waals surface area contributed by atoms with Crippen LogP contribution in [0.25, 0.3) is 0 Å². The normalized spacial score (nSPS) is 19.8. The van der Waals surface area contributed by atoms with E-state index in [0.717, 1.165) is 12.0 Å². The van der Waals surface area contributed by atoms with Gasteiger partial charge in [-0.25, -0.2) is 10.9 Å². The molecule has 2 aromatic rings. The second-order valence-electron chi connectivity index (χ2n) is 6.96. The Kier molecular flexibility index (Phi) is 5.95. The van der Waals surface area contributed by atoms with Gasteiger partial charge < -0.3 is 9.42 Å². The molecule has 1 saturated heterocycles. The zero-order valence-corrected chi connectivity index (χ0v) is 15.5. The minimum absolute atomic E-state index is 0.0340. The van der Waals surface area contributed by atoms with Crippen molar-refractivity contribution in [2.24, 2.45) is 5.92 Å². The van der Waals surface area contributed by atoms with Crippen molar-refractivity contribution in [2.45, 2.75) is 52.2 Å². The summed E-state index contributed by atoms with van der Waals surface area (Å²) in [5.41, 5.74) is 7.42. The van der Waals surface area contributed by atoms with Gasteiger partial charge in [-0.3, -0.25) is 9.78 Å². The van der Waals surface area contributed by atoms with Crippen molar-refractivity contribution in [3.63, 3.8) is 0 Å². The number of hydrogen-bond acceptors (Lipinski definition) is 7. The summed E-state index contributed by atoms with van der Waals surface area (Å²) in [6.07, 6.45) is 4.95. The number of hydrazine groups is 1. The van der Waals surface area contributed by atoms with Crippen molar-refractivity contribution < 1.29 is 9.32 Å². The second kappa shape index (κ2) is 8.37. The van der Waals surface area contributed by atoms with Gasteiger partial charge in [-0.05, 0) is 37.0 Å². The van der Waals surface area contributed by atoms with Gasteiger partial charge in [-0.2, -0.15) is 4.98 Å². The molecular weight excluding hydrogens is 332 g/mol. The Balaban J connectivity index is 1.59. The van der Waals surface area contributed by atoms with Crippen LogP contribution in [-0.2, 0) is 17.8 Å². The maximum atomic E-state index is 12.9. The summed E-state index contributed by atoms with van der Waals surface area (Å²) in [4.78, 5) is 23.0. The van der Waals surface area contributed by atoms with E-state index in [4.69, 9.17) is 4.52 Å². The molecule has 1 aliphatic heterocycles. The van der Waals surface area contributed by atoms with E-state index in [0.29, 0.717) is 37.1 Å². The Hall–Kier alpha value is -2.32. The van der Waals surface area contributed by atoms with Crippen molar-refractivity contribution >= 4 is 5.91 Å². The van der Waals surface area contributed by atoms with Crippen LogP contribution in [0.2, 0.25) is 0 Å². The third kappa shape index (κ3) is 4.44. The van der Waals surface area contributed by atoms with E-state index >= 15 is 0 Å². The van der Waals surface area contributed by atoms with Crippen LogP contribution in [0.15, 0.2) is 29.0 Å². The first-order valence-electron chi connectivity index (χ1n) is 9.08. The number of rotatable bonds is 7. The average Bonchev–Trinajstić information content (AvgIpc) is 3.29. The maximum absolute atomic E-state index is 12.9. The molecule has 0 aliphatic carbocycles. The molecule has 1 amide bonds. The van der Waals surface area contributed by atoms with Gasteiger partial charge in [0.15, 0.2) is 5.82 Å². The quantitative estimate of drug-likeness (QED) is 0.776. The molecule has 140 valence electrons. The second-order valence-corrected chi connectivity index (χ2v) is 6.96. The Morgan fingerprint density at radius 1 is 1.35 bits per heavy atom. The summed E-state index contributed by atoms with van der Waals surface area (Å²) in [5, 5.41) is 4.01. The molecule has 2 unspecified atom stereocenters. The number of likely N-dealkylation sites (N-methyl/N-ethyl adjacent to an activating group) is 1. The SMILES string of the molecule is CCN(Cc1noc(CC(C)C)n1)C(=O)C1CC(c2ccncc2)NN1. The molecule has 0 bridgehead atoms. The molecular formula is C18H26N6O2. The lowest BCUT2D eigenvalue weighted by atomic mass is 10.0. The molecule has 3 rings (SSSR count). The Labute approximate surface area is 153 Å². The largest absolute Gasteiger partial charge is 0.339 e. The molecule has 0 saturated carbocycles. The van der Waals surface area contributed by atoms with Gasteiger partial charge in [0.1, 0.15) is 6.04 Å². The smallest absolute Gasteiger partial charge is 0.241 e. The molecule has 3 heterocycles. The van der Waals surface area contributed by atoms with Crippen molar-refractivity contribution in [3.05, 3.63) is 41.8 Å². The van der Waals surface area contributed by atoms with Crippen molar-refractivity contribution in [2.75, 3.05) is 6.54 Å². The fourth-order valence-electron chi connectivity index (χ4n) is 3.06. The standard InChI is InChI=1S/C18H26N6O2/c1-4-24(11-16-20-17(26-23-16)9-12(2)3)18(25)15-10-14(21-22-15)13-5-7-19-8-6-13/h5-8,12,14-15,21-22H,4,9-11H2,1-3H3. The Morgan fingerprint density at radius 2 is 2.12 bits per heavy atom. The molecule has 2 aromatic heterocycles. The van der Waals surface area contributed by atoms with Gasteiger partial charge in [-0.1, -0.05) is 19.0 Å². The first-order chi connectivity index (χ1) is 12.6. The lowest BCUT2D eigenvalue weighted by molar-refractivity contribution is -0.133. The molecule has 2 atom stereocenters. The fourth-order valence-corrected chi connectivity index (χ4v) is 3.06. The minimum atomic E-state index is -0.282. The lowest BCUT2D eigenvalue weighted by Crippen LogP contribution is -2.45. The van der Waals surface area contributed by atoms with Crippen LogP contribution in [0.3, 0.4) is 0 Å².